The Labute approximate surface area is 231 Å². The number of rotatable bonds is 13. The molecule has 0 bridgehead atoms. The van der Waals surface area contributed by atoms with Gasteiger partial charge in [-0.2, -0.15) is 11.8 Å². The molecule has 2 aliphatic heterocycles. The quantitative estimate of drug-likeness (QED) is 0.117. The molecule has 1 aromatic carbocycles. The molecule has 10 nitrogen and oxygen atoms in total. The maximum atomic E-state index is 13.6. The number of carboxylic acid groups (broad SMARTS) is 1. The molecule has 208 valence electrons. The number of benzene rings is 1. The van der Waals surface area contributed by atoms with Gasteiger partial charge in [-0.1, -0.05) is 31.9 Å². The van der Waals surface area contributed by atoms with Crippen molar-refractivity contribution in [3.8, 4) is 11.3 Å². The van der Waals surface area contributed by atoms with Crippen LogP contribution in [0.5, 0.6) is 0 Å². The molecule has 39 heavy (non-hydrogen) atoms. The molecule has 2 fully saturated rings. The summed E-state index contributed by atoms with van der Waals surface area (Å²) in [5.41, 5.74) is -1.07. The van der Waals surface area contributed by atoms with Crippen molar-refractivity contribution in [2.75, 3.05) is 18.6 Å². The molecule has 2 aromatic rings. The number of likely N-dealkylation sites (tertiary alicyclic amines) is 1. The van der Waals surface area contributed by atoms with Crippen LogP contribution in [0.1, 0.15) is 50.8 Å². The molecule has 4 rings (SSSR count). The van der Waals surface area contributed by atoms with Crippen LogP contribution in [0, 0.1) is 22.0 Å². The average Bonchev–Trinajstić information content (AvgIpc) is 3.60. The lowest BCUT2D eigenvalue weighted by molar-refractivity contribution is -0.384. The van der Waals surface area contributed by atoms with Gasteiger partial charge in [-0.25, -0.2) is 0 Å². The van der Waals surface area contributed by atoms with Crippen molar-refractivity contribution in [2.45, 2.75) is 50.6 Å². The first kappa shape index (κ1) is 28.6. The molecule has 0 aliphatic carbocycles. The number of nitro groups is 1. The largest absolute Gasteiger partial charge is 0.480 e. The Morgan fingerprint density at radius 1 is 1.18 bits per heavy atom. The first-order chi connectivity index (χ1) is 18.7. The fourth-order valence-electron chi connectivity index (χ4n) is 5.51. The minimum atomic E-state index is -1.61. The van der Waals surface area contributed by atoms with Crippen molar-refractivity contribution in [1.82, 2.24) is 10.2 Å². The molecule has 11 heteroatoms. The number of hydrogen-bond donors (Lipinski definition) is 2. The van der Waals surface area contributed by atoms with Crippen LogP contribution < -0.4 is 5.32 Å². The van der Waals surface area contributed by atoms with E-state index in [9.17, 15) is 29.6 Å². The van der Waals surface area contributed by atoms with Gasteiger partial charge in [0.05, 0.1) is 22.8 Å². The Morgan fingerprint density at radius 2 is 1.90 bits per heavy atom. The molecule has 2 aliphatic rings. The molecule has 0 radical (unpaired) electrons. The van der Waals surface area contributed by atoms with Gasteiger partial charge in [0.25, 0.3) is 5.69 Å². The van der Waals surface area contributed by atoms with E-state index < -0.39 is 46.1 Å². The predicted molar refractivity (Wildman–Crippen MR) is 147 cm³/mol. The zero-order valence-corrected chi connectivity index (χ0v) is 22.8. The van der Waals surface area contributed by atoms with Gasteiger partial charge in [0.15, 0.2) is 0 Å². The summed E-state index contributed by atoms with van der Waals surface area (Å²) < 4.78 is 6.07. The molecular formula is C28H33N3O7S. The monoisotopic (exact) mass is 555 g/mol. The zero-order valence-electron chi connectivity index (χ0n) is 22.0. The molecule has 2 amide bonds. The topological polar surface area (TPSA) is 143 Å². The van der Waals surface area contributed by atoms with Gasteiger partial charge in [-0.05, 0) is 55.5 Å². The van der Waals surface area contributed by atoms with Crippen molar-refractivity contribution in [1.29, 1.82) is 0 Å². The third-order valence-corrected chi connectivity index (χ3v) is 8.15. The van der Waals surface area contributed by atoms with Gasteiger partial charge >= 0.3 is 5.97 Å². The summed E-state index contributed by atoms with van der Waals surface area (Å²) in [6, 6.07) is 8.38. The van der Waals surface area contributed by atoms with Crippen molar-refractivity contribution < 1.29 is 28.8 Å². The normalized spacial score (nSPS) is 24.6. The number of nitrogens with one attached hydrogen (secondary N) is 1. The summed E-state index contributed by atoms with van der Waals surface area (Å²) in [5.74, 6) is -2.76. The number of thioether (sulfide) groups is 1. The van der Waals surface area contributed by atoms with Gasteiger partial charge < -0.3 is 9.52 Å². The summed E-state index contributed by atoms with van der Waals surface area (Å²) in [6.45, 7) is 2.31. The first-order valence-electron chi connectivity index (χ1n) is 13.1. The van der Waals surface area contributed by atoms with Crippen LogP contribution >= 0.6 is 11.8 Å². The highest BCUT2D eigenvalue weighted by molar-refractivity contribution is 7.98. The third kappa shape index (κ3) is 5.51. The molecule has 4 atom stereocenters. The van der Waals surface area contributed by atoms with Crippen LogP contribution in [-0.2, 0) is 14.4 Å². The van der Waals surface area contributed by atoms with E-state index in [-0.39, 0.29) is 18.7 Å². The third-order valence-electron chi connectivity index (χ3n) is 7.53. The van der Waals surface area contributed by atoms with Gasteiger partial charge in [0.1, 0.15) is 17.1 Å². The Balaban J connectivity index is 1.64. The van der Waals surface area contributed by atoms with Crippen molar-refractivity contribution in [3.05, 3.63) is 64.4 Å². The second kappa shape index (κ2) is 12.2. The molecule has 2 saturated heterocycles. The highest BCUT2D eigenvalue weighted by Gasteiger charge is 2.68. The molecule has 3 heterocycles. The van der Waals surface area contributed by atoms with Crippen LogP contribution in [0.4, 0.5) is 5.69 Å². The number of carbonyl (C=O) groups excluding carboxylic acids is 2. The van der Waals surface area contributed by atoms with E-state index in [0.29, 0.717) is 29.3 Å². The van der Waals surface area contributed by atoms with E-state index in [2.05, 4.69) is 12.2 Å². The lowest BCUT2D eigenvalue weighted by Gasteiger charge is -2.30. The second-order valence-electron chi connectivity index (χ2n) is 9.88. The maximum absolute atomic E-state index is 13.6. The molecule has 2 N–H and O–H groups in total. The number of aliphatic carboxylic acids is 1. The van der Waals surface area contributed by atoms with Crippen molar-refractivity contribution in [3.63, 3.8) is 0 Å². The zero-order chi connectivity index (χ0) is 28.2. The van der Waals surface area contributed by atoms with Crippen molar-refractivity contribution in [2.24, 2.45) is 11.8 Å². The van der Waals surface area contributed by atoms with Crippen LogP contribution in [0.3, 0.4) is 0 Å². The van der Waals surface area contributed by atoms with Crippen LogP contribution in [0.15, 0.2) is 53.0 Å². The molecule has 0 spiro atoms. The minimum Gasteiger partial charge on any atom is -0.480 e. The fourth-order valence-corrected chi connectivity index (χ4v) is 6.03. The smallest absolute Gasteiger partial charge is 0.324 e. The van der Waals surface area contributed by atoms with E-state index in [1.807, 2.05) is 18.4 Å². The van der Waals surface area contributed by atoms with Gasteiger partial charge in [-0.3, -0.25) is 34.7 Å². The van der Waals surface area contributed by atoms with Crippen molar-refractivity contribution >= 4 is 35.2 Å². The second-order valence-corrected chi connectivity index (χ2v) is 10.9. The summed E-state index contributed by atoms with van der Waals surface area (Å²) in [7, 11) is 0. The Kier molecular flexibility index (Phi) is 8.91. The molecule has 0 saturated carbocycles. The van der Waals surface area contributed by atoms with E-state index in [0.717, 1.165) is 19.3 Å². The number of allylic oxidation sites excluding steroid dienone is 1. The number of nitrogens with zero attached hydrogens (tertiary/aromatic N) is 2. The predicted octanol–water partition coefficient (Wildman–Crippen LogP) is 4.81. The summed E-state index contributed by atoms with van der Waals surface area (Å²) in [5, 5.41) is 24.5. The lowest BCUT2D eigenvalue weighted by atomic mass is 9.78. The summed E-state index contributed by atoms with van der Waals surface area (Å²) in [6.07, 6.45) is 9.62. The number of amides is 2. The van der Waals surface area contributed by atoms with Gasteiger partial charge in [0.2, 0.25) is 11.8 Å². The SMILES string of the molecule is CCCCC=CCCN1C(=O)C2C(c3ccc(-c4ccc([N+](=O)[O-])cc4)o3)NC(CCSC)(C(=O)O)C2C1=O. The number of fused-ring (bicyclic) bond motifs is 1. The molecular weight excluding hydrogens is 522 g/mol. The standard InChI is InChI=1S/C28H33N3O7S/c1-3-4-5-6-7-8-16-30-25(32)22-23(26(30)33)28(27(34)35,15-17-39-2)29-24(22)21-14-13-20(38-21)18-9-11-19(12-10-18)31(36)37/h6-7,9-14,22-24,29H,3-5,8,15-17H2,1-2H3,(H,34,35). The summed E-state index contributed by atoms with van der Waals surface area (Å²) in [4.78, 5) is 51.7. The highest BCUT2D eigenvalue weighted by Crippen LogP contribution is 2.51. The number of unbranched alkanes of at least 4 members (excludes halogenated alkanes) is 2. The number of carbonyl (C=O) groups is 3. The minimum absolute atomic E-state index is 0.0544. The van der Waals surface area contributed by atoms with E-state index >= 15 is 0 Å². The number of non-ortho nitro benzene ring substituents is 1. The Hall–Kier alpha value is -3.44. The number of furan rings is 1. The Morgan fingerprint density at radius 3 is 2.54 bits per heavy atom. The first-order valence-corrected chi connectivity index (χ1v) is 14.5. The van der Waals surface area contributed by atoms with E-state index in [1.165, 1.54) is 28.8 Å². The number of carboxylic acids is 1. The summed E-state index contributed by atoms with van der Waals surface area (Å²) >= 11 is 1.47. The molecule has 1 aromatic heterocycles. The average molecular weight is 556 g/mol. The van der Waals surface area contributed by atoms with Crippen LogP contribution in [0.25, 0.3) is 11.3 Å². The highest BCUT2D eigenvalue weighted by atomic mass is 32.2. The Bertz CT molecular complexity index is 1260. The fraction of sp³-hybridized carbons (Fsp3) is 0.464. The van der Waals surface area contributed by atoms with Crippen LogP contribution in [0.2, 0.25) is 0 Å². The van der Waals surface area contributed by atoms with E-state index in [1.54, 1.807) is 24.3 Å². The molecule has 4 unspecified atom stereocenters. The lowest BCUT2D eigenvalue weighted by Crippen LogP contribution is -2.56. The number of nitro benzene ring substituents is 1. The van der Waals surface area contributed by atoms with Crippen LogP contribution in [-0.4, -0.2) is 56.8 Å². The number of hydrogen-bond acceptors (Lipinski definition) is 8. The van der Waals surface area contributed by atoms with E-state index in [4.69, 9.17) is 4.42 Å². The van der Waals surface area contributed by atoms with Gasteiger partial charge in [-0.15, -0.1) is 0 Å². The maximum Gasteiger partial charge on any atom is 0.324 e. The van der Waals surface area contributed by atoms with Gasteiger partial charge in [0, 0.05) is 24.2 Å². The number of imide groups is 1.